The maximum atomic E-state index is 13.3. The fraction of sp³-hybridized carbons (Fsp3) is 0.318. The second-order valence-corrected chi connectivity index (χ2v) is 8.08. The van der Waals surface area contributed by atoms with Crippen molar-refractivity contribution < 1.29 is 32.5 Å². The molecule has 0 amide bonds. The SMILES string of the molecule is CCn1c(Cn2nc(C(F)(F)F)cc2OCCOC)cc(=O)c(C(=O)O)c1-c1ccc(Cl)c(Cl)c1. The van der Waals surface area contributed by atoms with Gasteiger partial charge in [0.05, 0.1) is 28.9 Å². The van der Waals surface area contributed by atoms with Crippen molar-refractivity contribution >= 4 is 29.2 Å². The molecular formula is C22H20Cl2F3N3O5. The molecule has 35 heavy (non-hydrogen) atoms. The highest BCUT2D eigenvalue weighted by atomic mass is 35.5. The maximum absolute atomic E-state index is 13.3. The van der Waals surface area contributed by atoms with E-state index in [4.69, 9.17) is 32.7 Å². The molecular weight excluding hydrogens is 514 g/mol. The highest BCUT2D eigenvalue weighted by Gasteiger charge is 2.35. The molecule has 3 rings (SSSR count). The summed E-state index contributed by atoms with van der Waals surface area (Å²) in [5.74, 6) is -1.66. The van der Waals surface area contributed by atoms with Crippen LogP contribution >= 0.6 is 23.2 Å². The third-order valence-corrected chi connectivity index (χ3v) is 5.74. The van der Waals surface area contributed by atoms with Crippen molar-refractivity contribution in [1.82, 2.24) is 14.3 Å². The van der Waals surface area contributed by atoms with Crippen molar-refractivity contribution in [2.24, 2.45) is 0 Å². The molecule has 0 saturated carbocycles. The first-order valence-electron chi connectivity index (χ1n) is 10.2. The number of carboxylic acid groups (broad SMARTS) is 1. The summed E-state index contributed by atoms with van der Waals surface area (Å²) in [6, 6.07) is 6.17. The van der Waals surface area contributed by atoms with Crippen LogP contribution in [0.15, 0.2) is 35.1 Å². The van der Waals surface area contributed by atoms with Gasteiger partial charge in [-0.1, -0.05) is 29.3 Å². The lowest BCUT2D eigenvalue weighted by atomic mass is 10.0. The summed E-state index contributed by atoms with van der Waals surface area (Å²) in [5, 5.41) is 13.7. The van der Waals surface area contributed by atoms with Crippen LogP contribution in [-0.2, 0) is 24.0 Å². The molecule has 0 aliphatic rings. The van der Waals surface area contributed by atoms with Crippen molar-refractivity contribution in [2.75, 3.05) is 20.3 Å². The van der Waals surface area contributed by atoms with Gasteiger partial charge in [-0.15, -0.1) is 0 Å². The average Bonchev–Trinajstić information content (AvgIpc) is 3.18. The van der Waals surface area contributed by atoms with Crippen molar-refractivity contribution in [1.29, 1.82) is 0 Å². The van der Waals surface area contributed by atoms with Crippen LogP contribution in [0.3, 0.4) is 0 Å². The minimum Gasteiger partial charge on any atom is -0.477 e. The summed E-state index contributed by atoms with van der Waals surface area (Å²) in [5.41, 5.74) is -1.98. The Labute approximate surface area is 207 Å². The van der Waals surface area contributed by atoms with Gasteiger partial charge in [-0.25, -0.2) is 9.48 Å². The van der Waals surface area contributed by atoms with E-state index in [0.29, 0.717) is 5.56 Å². The topological polar surface area (TPSA) is 95.6 Å². The number of aromatic nitrogens is 3. The van der Waals surface area contributed by atoms with Gasteiger partial charge in [-0.3, -0.25) is 4.79 Å². The Morgan fingerprint density at radius 3 is 2.43 bits per heavy atom. The number of pyridine rings is 1. The number of hydrogen-bond donors (Lipinski definition) is 1. The van der Waals surface area contributed by atoms with E-state index in [2.05, 4.69) is 5.10 Å². The standard InChI is InChI=1S/C22H20Cl2F3N3O5/c1-3-29-13(11-30-18(35-7-6-34-2)10-17(28-30)22(25,26)27)9-16(31)19(21(32)33)20(29)12-4-5-14(23)15(24)8-12/h4-5,8-10H,3,6-7,11H2,1-2H3,(H,32,33). The van der Waals surface area contributed by atoms with Gasteiger partial charge in [0.15, 0.2) is 11.1 Å². The van der Waals surface area contributed by atoms with E-state index in [1.165, 1.54) is 29.9 Å². The first-order valence-corrected chi connectivity index (χ1v) is 11.0. The molecule has 3 aromatic rings. The summed E-state index contributed by atoms with van der Waals surface area (Å²) >= 11 is 12.1. The van der Waals surface area contributed by atoms with Crippen molar-refractivity contribution in [3.05, 3.63) is 67.6 Å². The molecule has 0 radical (unpaired) electrons. The Kier molecular flexibility index (Phi) is 8.14. The number of hydrogen-bond acceptors (Lipinski definition) is 5. The van der Waals surface area contributed by atoms with Crippen LogP contribution in [0.4, 0.5) is 13.2 Å². The normalized spacial score (nSPS) is 11.6. The number of alkyl halides is 3. The number of methoxy groups -OCH3 is 1. The lowest BCUT2D eigenvalue weighted by Gasteiger charge is -2.20. The molecule has 0 aliphatic carbocycles. The summed E-state index contributed by atoms with van der Waals surface area (Å²) in [6.07, 6.45) is -4.73. The van der Waals surface area contributed by atoms with Gasteiger partial charge in [0.25, 0.3) is 0 Å². The maximum Gasteiger partial charge on any atom is 0.435 e. The molecule has 0 atom stereocenters. The van der Waals surface area contributed by atoms with Gasteiger partial charge in [-0.2, -0.15) is 18.3 Å². The third kappa shape index (κ3) is 5.80. The molecule has 0 saturated heterocycles. The molecule has 188 valence electrons. The minimum absolute atomic E-state index is 0.0334. The Morgan fingerprint density at radius 1 is 1.14 bits per heavy atom. The van der Waals surface area contributed by atoms with Crippen molar-refractivity contribution in [3.8, 4) is 17.1 Å². The van der Waals surface area contributed by atoms with Gasteiger partial charge < -0.3 is 19.1 Å². The Hall–Kier alpha value is -3.02. The Bertz CT molecular complexity index is 1300. The zero-order chi connectivity index (χ0) is 25.9. The molecule has 2 heterocycles. The average molecular weight is 534 g/mol. The lowest BCUT2D eigenvalue weighted by Crippen LogP contribution is -2.25. The highest BCUT2D eigenvalue weighted by Crippen LogP contribution is 2.33. The zero-order valence-corrected chi connectivity index (χ0v) is 20.0. The van der Waals surface area contributed by atoms with Crippen LogP contribution in [0.25, 0.3) is 11.3 Å². The minimum atomic E-state index is -4.73. The van der Waals surface area contributed by atoms with Crippen LogP contribution in [-0.4, -0.2) is 45.7 Å². The number of carbonyl (C=O) groups is 1. The zero-order valence-electron chi connectivity index (χ0n) is 18.5. The smallest absolute Gasteiger partial charge is 0.435 e. The molecule has 2 aromatic heterocycles. The molecule has 0 unspecified atom stereocenters. The van der Waals surface area contributed by atoms with Crippen LogP contribution in [0, 0.1) is 0 Å². The lowest BCUT2D eigenvalue weighted by molar-refractivity contribution is -0.141. The number of benzene rings is 1. The van der Waals surface area contributed by atoms with Crippen molar-refractivity contribution in [2.45, 2.75) is 26.2 Å². The highest BCUT2D eigenvalue weighted by molar-refractivity contribution is 6.42. The fourth-order valence-electron chi connectivity index (χ4n) is 3.49. The largest absolute Gasteiger partial charge is 0.477 e. The first kappa shape index (κ1) is 26.6. The number of nitrogens with zero attached hydrogens (tertiary/aromatic N) is 3. The van der Waals surface area contributed by atoms with E-state index in [1.54, 1.807) is 6.92 Å². The van der Waals surface area contributed by atoms with Gasteiger partial charge in [-0.05, 0) is 19.1 Å². The molecule has 13 heteroatoms. The van der Waals surface area contributed by atoms with E-state index in [1.807, 2.05) is 0 Å². The second-order valence-electron chi connectivity index (χ2n) is 7.27. The first-order chi connectivity index (χ1) is 16.5. The molecule has 0 fully saturated rings. The molecule has 1 aromatic carbocycles. The van der Waals surface area contributed by atoms with Gasteiger partial charge >= 0.3 is 12.1 Å². The predicted molar refractivity (Wildman–Crippen MR) is 122 cm³/mol. The van der Waals surface area contributed by atoms with E-state index >= 15 is 0 Å². The summed E-state index contributed by atoms with van der Waals surface area (Å²) in [6.45, 7) is 1.66. The number of aromatic carboxylic acids is 1. The molecule has 1 N–H and O–H groups in total. The summed E-state index contributed by atoms with van der Waals surface area (Å²) < 4.78 is 52.7. The van der Waals surface area contributed by atoms with E-state index < -0.39 is 28.8 Å². The fourth-order valence-corrected chi connectivity index (χ4v) is 3.79. The Balaban J connectivity index is 2.20. The molecule has 0 aliphatic heterocycles. The van der Waals surface area contributed by atoms with Crippen LogP contribution in [0.2, 0.25) is 10.0 Å². The van der Waals surface area contributed by atoms with Crippen molar-refractivity contribution in [3.63, 3.8) is 0 Å². The number of carboxylic acids is 1. The number of halogens is 5. The van der Waals surface area contributed by atoms with Crippen LogP contribution < -0.4 is 10.2 Å². The van der Waals surface area contributed by atoms with Crippen LogP contribution in [0.1, 0.15) is 28.7 Å². The molecule has 8 nitrogen and oxygen atoms in total. The molecule has 0 spiro atoms. The quantitative estimate of drug-likeness (QED) is 0.396. The van der Waals surface area contributed by atoms with E-state index in [-0.39, 0.29) is 53.6 Å². The molecule has 0 bridgehead atoms. The summed E-state index contributed by atoms with van der Waals surface area (Å²) in [4.78, 5) is 24.8. The van der Waals surface area contributed by atoms with E-state index in [9.17, 15) is 27.9 Å². The number of ether oxygens (including phenoxy) is 2. The third-order valence-electron chi connectivity index (χ3n) is 5.00. The Morgan fingerprint density at radius 2 is 1.86 bits per heavy atom. The second kappa shape index (κ2) is 10.7. The number of rotatable bonds is 9. The van der Waals surface area contributed by atoms with Gasteiger partial charge in [0.2, 0.25) is 5.88 Å². The monoisotopic (exact) mass is 533 g/mol. The predicted octanol–water partition coefficient (Wildman–Crippen LogP) is 4.83. The van der Waals surface area contributed by atoms with E-state index in [0.717, 1.165) is 16.8 Å². The van der Waals surface area contributed by atoms with Crippen LogP contribution in [0.5, 0.6) is 5.88 Å². The summed E-state index contributed by atoms with van der Waals surface area (Å²) in [7, 11) is 1.41. The van der Waals surface area contributed by atoms with Gasteiger partial charge in [0, 0.05) is 37.0 Å². The van der Waals surface area contributed by atoms with Gasteiger partial charge in [0.1, 0.15) is 12.2 Å².